The predicted molar refractivity (Wildman–Crippen MR) is 119 cm³/mol. The molecule has 0 spiro atoms. The minimum Gasteiger partial charge on any atom is -0.497 e. The molecule has 2 N–H and O–H groups in total. The van der Waals surface area contributed by atoms with Crippen molar-refractivity contribution >= 4 is 21.6 Å². The number of nitrogens with one attached hydrogen (secondary N) is 2. The van der Waals surface area contributed by atoms with E-state index in [1.807, 2.05) is 6.07 Å². The molecule has 168 valence electrons. The molecule has 0 radical (unpaired) electrons. The Hall–Kier alpha value is -3.59. The van der Waals surface area contributed by atoms with E-state index in [-0.39, 0.29) is 16.1 Å². The Morgan fingerprint density at radius 3 is 2.38 bits per heavy atom. The number of rotatable bonds is 9. The summed E-state index contributed by atoms with van der Waals surface area (Å²) in [4.78, 5) is 12.6. The highest BCUT2D eigenvalue weighted by atomic mass is 32.2. The van der Waals surface area contributed by atoms with E-state index in [1.165, 1.54) is 12.1 Å². The normalized spacial score (nSPS) is 11.0. The first-order chi connectivity index (χ1) is 15.3. The fourth-order valence-corrected chi connectivity index (χ4v) is 4.13. The molecule has 3 aromatic carbocycles. The van der Waals surface area contributed by atoms with Crippen molar-refractivity contribution < 1.29 is 27.1 Å². The van der Waals surface area contributed by atoms with E-state index in [2.05, 4.69) is 10.0 Å². The van der Waals surface area contributed by atoms with Crippen LogP contribution in [0.25, 0.3) is 0 Å². The van der Waals surface area contributed by atoms with Gasteiger partial charge in [-0.2, -0.15) is 0 Å². The third kappa shape index (κ3) is 5.55. The van der Waals surface area contributed by atoms with Crippen LogP contribution in [0.1, 0.15) is 15.9 Å². The maximum atomic E-state index is 13.1. The van der Waals surface area contributed by atoms with Crippen molar-refractivity contribution in [3.8, 4) is 11.5 Å². The predicted octanol–water partition coefficient (Wildman–Crippen LogP) is 3.62. The van der Waals surface area contributed by atoms with Gasteiger partial charge in [0.15, 0.2) is 0 Å². The number of sulfonamides is 1. The van der Waals surface area contributed by atoms with Gasteiger partial charge >= 0.3 is 0 Å². The van der Waals surface area contributed by atoms with E-state index in [0.29, 0.717) is 24.5 Å². The number of ether oxygens (including phenoxy) is 2. The number of benzene rings is 3. The summed E-state index contributed by atoms with van der Waals surface area (Å²) in [7, 11) is -0.869. The molecule has 0 saturated heterocycles. The molecule has 0 fully saturated rings. The van der Waals surface area contributed by atoms with Gasteiger partial charge in [-0.05, 0) is 54.4 Å². The molecule has 7 nitrogen and oxygen atoms in total. The Morgan fingerprint density at radius 1 is 0.969 bits per heavy atom. The Kier molecular flexibility index (Phi) is 7.32. The van der Waals surface area contributed by atoms with Gasteiger partial charge in [0.25, 0.3) is 15.9 Å². The maximum Gasteiger partial charge on any atom is 0.261 e. The van der Waals surface area contributed by atoms with E-state index < -0.39 is 21.7 Å². The Labute approximate surface area is 186 Å². The van der Waals surface area contributed by atoms with Gasteiger partial charge in [-0.1, -0.05) is 18.2 Å². The van der Waals surface area contributed by atoms with Crippen molar-refractivity contribution in [3.63, 3.8) is 0 Å². The molecular formula is C23H23FN2O5S. The van der Waals surface area contributed by atoms with Gasteiger partial charge in [0.05, 0.1) is 30.4 Å². The number of anilines is 1. The molecule has 0 saturated carbocycles. The molecule has 3 rings (SSSR count). The SMILES string of the molecule is COc1ccc(CCNC(=O)c2ccccc2NS(=O)(=O)c2ccc(F)cc2)c(OC)c1. The highest BCUT2D eigenvalue weighted by Gasteiger charge is 2.18. The molecule has 32 heavy (non-hydrogen) atoms. The van der Waals surface area contributed by atoms with Crippen LogP contribution in [0.15, 0.2) is 71.6 Å². The lowest BCUT2D eigenvalue weighted by Gasteiger charge is -2.14. The van der Waals surface area contributed by atoms with E-state index in [1.54, 1.807) is 38.5 Å². The summed E-state index contributed by atoms with van der Waals surface area (Å²) in [5.74, 6) is 0.329. The summed E-state index contributed by atoms with van der Waals surface area (Å²) in [6.45, 7) is 0.306. The second-order valence-corrected chi connectivity index (χ2v) is 8.47. The van der Waals surface area contributed by atoms with E-state index in [0.717, 1.165) is 29.8 Å². The molecule has 0 aromatic heterocycles. The number of carbonyl (C=O) groups excluding carboxylic acids is 1. The van der Waals surface area contributed by atoms with Gasteiger partial charge in [-0.3, -0.25) is 9.52 Å². The Bertz CT molecular complexity index is 1200. The van der Waals surface area contributed by atoms with Crippen LogP contribution < -0.4 is 19.5 Å². The summed E-state index contributed by atoms with van der Waals surface area (Å²) in [5, 5.41) is 2.79. The summed E-state index contributed by atoms with van der Waals surface area (Å²) in [6.07, 6.45) is 0.502. The number of para-hydroxylation sites is 1. The van der Waals surface area contributed by atoms with Crippen LogP contribution in [0.4, 0.5) is 10.1 Å². The smallest absolute Gasteiger partial charge is 0.261 e. The van der Waals surface area contributed by atoms with Crippen LogP contribution in [0.2, 0.25) is 0 Å². The second kappa shape index (κ2) is 10.1. The number of methoxy groups -OCH3 is 2. The third-order valence-electron chi connectivity index (χ3n) is 4.71. The fraction of sp³-hybridized carbons (Fsp3) is 0.174. The fourth-order valence-electron chi connectivity index (χ4n) is 3.05. The quantitative estimate of drug-likeness (QED) is 0.511. The van der Waals surface area contributed by atoms with Crippen LogP contribution in [-0.4, -0.2) is 35.1 Å². The number of hydrogen-bond donors (Lipinski definition) is 2. The summed E-state index contributed by atoms with van der Waals surface area (Å²) >= 11 is 0. The minimum absolute atomic E-state index is 0.110. The third-order valence-corrected chi connectivity index (χ3v) is 6.10. The standard InChI is InChI=1S/C23H23FN2O5S/c1-30-18-10-7-16(22(15-18)31-2)13-14-25-23(27)20-5-3-4-6-21(20)26-32(28,29)19-11-8-17(24)9-12-19/h3-12,15,26H,13-14H2,1-2H3,(H,25,27). The molecular weight excluding hydrogens is 435 g/mol. The lowest BCUT2D eigenvalue weighted by atomic mass is 10.1. The maximum absolute atomic E-state index is 13.1. The van der Waals surface area contributed by atoms with Gasteiger partial charge in [0.2, 0.25) is 0 Å². The zero-order valence-corrected chi connectivity index (χ0v) is 18.4. The highest BCUT2D eigenvalue weighted by Crippen LogP contribution is 2.25. The largest absolute Gasteiger partial charge is 0.497 e. The van der Waals surface area contributed by atoms with Gasteiger partial charge in [0, 0.05) is 12.6 Å². The molecule has 0 aliphatic carbocycles. The minimum atomic E-state index is -3.99. The molecule has 0 heterocycles. The molecule has 0 unspecified atom stereocenters. The first kappa shape index (κ1) is 23.1. The lowest BCUT2D eigenvalue weighted by Crippen LogP contribution is -2.27. The number of amides is 1. The van der Waals surface area contributed by atoms with Crippen molar-refractivity contribution in [2.45, 2.75) is 11.3 Å². The van der Waals surface area contributed by atoms with Crippen LogP contribution in [0, 0.1) is 5.82 Å². The second-order valence-electron chi connectivity index (χ2n) is 6.79. The summed E-state index contributed by atoms with van der Waals surface area (Å²) in [5.41, 5.74) is 1.18. The molecule has 9 heteroatoms. The van der Waals surface area contributed by atoms with Crippen molar-refractivity contribution in [2.24, 2.45) is 0 Å². The topological polar surface area (TPSA) is 93.7 Å². The van der Waals surface area contributed by atoms with Gasteiger partial charge < -0.3 is 14.8 Å². The highest BCUT2D eigenvalue weighted by molar-refractivity contribution is 7.92. The monoisotopic (exact) mass is 458 g/mol. The van der Waals surface area contributed by atoms with Gasteiger partial charge in [0.1, 0.15) is 17.3 Å². The molecule has 1 amide bonds. The molecule has 3 aromatic rings. The Balaban J connectivity index is 1.70. The zero-order valence-electron chi connectivity index (χ0n) is 17.6. The van der Waals surface area contributed by atoms with E-state index >= 15 is 0 Å². The Morgan fingerprint density at radius 2 is 1.69 bits per heavy atom. The molecule has 0 atom stereocenters. The summed E-state index contributed by atoms with van der Waals surface area (Å²) in [6, 6.07) is 16.1. The summed E-state index contributed by atoms with van der Waals surface area (Å²) < 4.78 is 51.3. The van der Waals surface area contributed by atoms with Gasteiger partial charge in [-0.25, -0.2) is 12.8 Å². The zero-order chi connectivity index (χ0) is 23.1. The van der Waals surface area contributed by atoms with E-state index in [4.69, 9.17) is 9.47 Å². The van der Waals surface area contributed by atoms with Crippen molar-refractivity contribution in [1.82, 2.24) is 5.32 Å². The average molecular weight is 459 g/mol. The van der Waals surface area contributed by atoms with Crippen molar-refractivity contribution in [2.75, 3.05) is 25.5 Å². The van der Waals surface area contributed by atoms with Crippen LogP contribution in [0.3, 0.4) is 0 Å². The number of carbonyl (C=O) groups is 1. The number of halogens is 1. The van der Waals surface area contributed by atoms with Crippen LogP contribution >= 0.6 is 0 Å². The van der Waals surface area contributed by atoms with Crippen molar-refractivity contribution in [3.05, 3.63) is 83.7 Å². The number of hydrogen-bond acceptors (Lipinski definition) is 5. The van der Waals surface area contributed by atoms with E-state index in [9.17, 15) is 17.6 Å². The first-order valence-electron chi connectivity index (χ1n) is 9.70. The van der Waals surface area contributed by atoms with Gasteiger partial charge in [-0.15, -0.1) is 0 Å². The van der Waals surface area contributed by atoms with Crippen LogP contribution in [0.5, 0.6) is 11.5 Å². The van der Waals surface area contributed by atoms with Crippen LogP contribution in [-0.2, 0) is 16.4 Å². The lowest BCUT2D eigenvalue weighted by molar-refractivity contribution is 0.0955. The molecule has 0 bridgehead atoms. The first-order valence-corrected chi connectivity index (χ1v) is 11.2. The average Bonchev–Trinajstić information content (AvgIpc) is 2.79. The molecule has 0 aliphatic rings. The molecule has 0 aliphatic heterocycles. The van der Waals surface area contributed by atoms with Crippen molar-refractivity contribution in [1.29, 1.82) is 0 Å².